The van der Waals surface area contributed by atoms with Crippen molar-refractivity contribution in [1.29, 1.82) is 0 Å². The van der Waals surface area contributed by atoms with Crippen LogP contribution in [-0.2, 0) is 17.1 Å². The number of hydrogen-bond donors (Lipinski definition) is 2. The lowest BCUT2D eigenvalue weighted by Crippen LogP contribution is -2.55. The molecule has 1 aromatic heterocycles. The number of aromatic nitrogens is 2. The van der Waals surface area contributed by atoms with Gasteiger partial charge in [0.05, 0.1) is 11.2 Å². The molecule has 6 nitrogen and oxygen atoms in total. The first-order valence-corrected chi connectivity index (χ1v) is 7.16. The van der Waals surface area contributed by atoms with Gasteiger partial charge in [-0.05, 0) is 19.3 Å². The van der Waals surface area contributed by atoms with Gasteiger partial charge in [0.1, 0.15) is 0 Å². The topological polar surface area (TPSA) is 90.0 Å². The van der Waals surface area contributed by atoms with Crippen LogP contribution in [0.2, 0.25) is 5.02 Å². The molecule has 18 heavy (non-hydrogen) atoms. The van der Waals surface area contributed by atoms with E-state index < -0.39 is 15.6 Å². The van der Waals surface area contributed by atoms with Gasteiger partial charge in [0, 0.05) is 19.1 Å². The molecule has 104 valence electrons. The van der Waals surface area contributed by atoms with Gasteiger partial charge in [-0.15, -0.1) is 12.4 Å². The highest BCUT2D eigenvalue weighted by Gasteiger charge is 2.34. The minimum atomic E-state index is -3.65. The fourth-order valence-electron chi connectivity index (χ4n) is 1.82. The minimum absolute atomic E-state index is 0. The minimum Gasteiger partial charge on any atom is -0.324 e. The number of sulfonamides is 1. The standard InChI is InChI=1S/C9H15ClN4O2S.ClH/c1-14-8(7(10)5-12-14)17(15,16)13-6-9(11)3-2-4-9;/h5,13H,2-4,6,11H2,1H3;1H. The number of hydrogen-bond acceptors (Lipinski definition) is 4. The SMILES string of the molecule is Cl.Cn1ncc(Cl)c1S(=O)(=O)NCC1(N)CCC1. The first-order chi connectivity index (χ1) is 7.84. The zero-order valence-electron chi connectivity index (χ0n) is 9.89. The Morgan fingerprint density at radius 2 is 2.22 bits per heavy atom. The average Bonchev–Trinajstić information content (AvgIpc) is 2.53. The predicted molar refractivity (Wildman–Crippen MR) is 71.4 cm³/mol. The van der Waals surface area contributed by atoms with Gasteiger partial charge < -0.3 is 5.73 Å². The first kappa shape index (κ1) is 15.7. The van der Waals surface area contributed by atoms with E-state index >= 15 is 0 Å². The average molecular weight is 315 g/mol. The molecule has 1 heterocycles. The molecule has 1 aliphatic carbocycles. The van der Waals surface area contributed by atoms with E-state index in [2.05, 4.69) is 9.82 Å². The Morgan fingerprint density at radius 1 is 1.61 bits per heavy atom. The second kappa shape index (κ2) is 5.34. The highest BCUT2D eigenvalue weighted by atomic mass is 35.5. The van der Waals surface area contributed by atoms with Crippen LogP contribution in [0, 0.1) is 0 Å². The van der Waals surface area contributed by atoms with Gasteiger partial charge in [-0.2, -0.15) is 5.10 Å². The van der Waals surface area contributed by atoms with Crippen LogP contribution in [0.4, 0.5) is 0 Å². The molecule has 0 spiro atoms. The zero-order valence-corrected chi connectivity index (χ0v) is 12.3. The summed E-state index contributed by atoms with van der Waals surface area (Å²) in [5.74, 6) is 0. The van der Waals surface area contributed by atoms with Crippen LogP contribution in [0.5, 0.6) is 0 Å². The molecule has 0 bridgehead atoms. The van der Waals surface area contributed by atoms with Crippen molar-refractivity contribution in [3.63, 3.8) is 0 Å². The number of aryl methyl sites for hydroxylation is 1. The molecule has 1 fully saturated rings. The van der Waals surface area contributed by atoms with Crippen molar-refractivity contribution in [3.8, 4) is 0 Å². The van der Waals surface area contributed by atoms with Crippen LogP contribution >= 0.6 is 24.0 Å². The molecule has 3 N–H and O–H groups in total. The fraction of sp³-hybridized carbons (Fsp3) is 0.667. The molecular formula is C9H16Cl2N4O2S. The van der Waals surface area contributed by atoms with E-state index in [9.17, 15) is 8.42 Å². The lowest BCUT2D eigenvalue weighted by atomic mass is 9.78. The molecule has 2 rings (SSSR count). The van der Waals surface area contributed by atoms with Gasteiger partial charge in [-0.3, -0.25) is 4.68 Å². The molecule has 0 aliphatic heterocycles. The van der Waals surface area contributed by atoms with Crippen molar-refractivity contribution in [1.82, 2.24) is 14.5 Å². The lowest BCUT2D eigenvalue weighted by Gasteiger charge is -2.37. The van der Waals surface area contributed by atoms with E-state index in [-0.39, 0.29) is 29.0 Å². The van der Waals surface area contributed by atoms with Crippen LogP contribution in [0.25, 0.3) is 0 Å². The van der Waals surface area contributed by atoms with Crippen molar-refractivity contribution in [3.05, 3.63) is 11.2 Å². The molecule has 0 unspecified atom stereocenters. The first-order valence-electron chi connectivity index (χ1n) is 5.30. The number of nitrogens with two attached hydrogens (primary N) is 1. The van der Waals surface area contributed by atoms with Crippen LogP contribution < -0.4 is 10.5 Å². The molecule has 9 heteroatoms. The van der Waals surface area contributed by atoms with Gasteiger partial charge in [0.25, 0.3) is 10.0 Å². The summed E-state index contributed by atoms with van der Waals surface area (Å²) in [5, 5.41) is 3.88. The van der Waals surface area contributed by atoms with Gasteiger partial charge in [-0.25, -0.2) is 13.1 Å². The monoisotopic (exact) mass is 314 g/mol. The molecule has 1 saturated carbocycles. The Morgan fingerprint density at radius 3 is 2.61 bits per heavy atom. The normalized spacial score (nSPS) is 17.9. The summed E-state index contributed by atoms with van der Waals surface area (Å²) in [6.07, 6.45) is 4.03. The summed E-state index contributed by atoms with van der Waals surface area (Å²) in [7, 11) is -2.12. The maximum Gasteiger partial charge on any atom is 0.259 e. The maximum atomic E-state index is 12.0. The molecule has 0 aromatic carbocycles. The fourth-order valence-corrected chi connectivity index (χ4v) is 3.61. The highest BCUT2D eigenvalue weighted by molar-refractivity contribution is 7.89. The van der Waals surface area contributed by atoms with Crippen LogP contribution in [0.1, 0.15) is 19.3 Å². The lowest BCUT2D eigenvalue weighted by molar-refractivity contribution is 0.251. The largest absolute Gasteiger partial charge is 0.324 e. The highest BCUT2D eigenvalue weighted by Crippen LogP contribution is 2.29. The Labute approximate surface area is 117 Å². The van der Waals surface area contributed by atoms with Crippen molar-refractivity contribution < 1.29 is 8.42 Å². The summed E-state index contributed by atoms with van der Waals surface area (Å²) in [6.45, 7) is 0.233. The number of rotatable bonds is 4. The van der Waals surface area contributed by atoms with E-state index in [0.717, 1.165) is 19.3 Å². The summed E-state index contributed by atoms with van der Waals surface area (Å²) in [6, 6.07) is 0. The Balaban J connectivity index is 0.00000162. The van der Waals surface area contributed by atoms with Crippen LogP contribution in [0.15, 0.2) is 11.2 Å². The summed E-state index contributed by atoms with van der Waals surface area (Å²) >= 11 is 5.79. The van der Waals surface area contributed by atoms with Gasteiger partial charge >= 0.3 is 0 Å². The van der Waals surface area contributed by atoms with Crippen molar-refractivity contribution >= 4 is 34.0 Å². The van der Waals surface area contributed by atoms with E-state index in [0.29, 0.717) is 0 Å². The Hall–Kier alpha value is -0.340. The zero-order chi connectivity index (χ0) is 12.7. The second-order valence-electron chi connectivity index (χ2n) is 4.46. The van der Waals surface area contributed by atoms with Crippen molar-refractivity contribution in [2.45, 2.75) is 29.8 Å². The summed E-state index contributed by atoms with van der Waals surface area (Å²) < 4.78 is 27.7. The van der Waals surface area contributed by atoms with Crippen LogP contribution in [-0.4, -0.2) is 30.3 Å². The molecule has 0 atom stereocenters. The summed E-state index contributed by atoms with van der Waals surface area (Å²) in [5.41, 5.74) is 5.55. The van der Waals surface area contributed by atoms with E-state index in [1.807, 2.05) is 0 Å². The molecule has 0 saturated heterocycles. The third kappa shape index (κ3) is 2.97. The van der Waals surface area contributed by atoms with E-state index in [1.54, 1.807) is 0 Å². The third-order valence-corrected chi connectivity index (χ3v) is 4.97. The van der Waals surface area contributed by atoms with E-state index in [1.165, 1.54) is 17.9 Å². The maximum absolute atomic E-state index is 12.0. The van der Waals surface area contributed by atoms with Gasteiger partial charge in [0.2, 0.25) is 0 Å². The third-order valence-electron chi connectivity index (χ3n) is 3.06. The second-order valence-corrected chi connectivity index (χ2v) is 6.55. The quantitative estimate of drug-likeness (QED) is 0.854. The van der Waals surface area contributed by atoms with Crippen LogP contribution in [0.3, 0.4) is 0 Å². The molecule has 0 radical (unpaired) electrons. The van der Waals surface area contributed by atoms with E-state index in [4.69, 9.17) is 17.3 Å². The summed E-state index contributed by atoms with van der Waals surface area (Å²) in [4.78, 5) is 0. The van der Waals surface area contributed by atoms with Crippen molar-refractivity contribution in [2.24, 2.45) is 12.8 Å². The molecular weight excluding hydrogens is 299 g/mol. The number of halogens is 2. The molecule has 0 amide bonds. The van der Waals surface area contributed by atoms with Crippen molar-refractivity contribution in [2.75, 3.05) is 6.54 Å². The smallest absolute Gasteiger partial charge is 0.259 e. The molecule has 1 aliphatic rings. The Bertz CT molecular complexity index is 505. The Kier molecular flexibility index (Phi) is 4.66. The number of nitrogens with zero attached hydrogens (tertiary/aromatic N) is 2. The van der Waals surface area contributed by atoms with Gasteiger partial charge in [0.15, 0.2) is 5.03 Å². The molecule has 1 aromatic rings. The van der Waals surface area contributed by atoms with Gasteiger partial charge in [-0.1, -0.05) is 11.6 Å². The number of nitrogens with one attached hydrogen (secondary N) is 1. The predicted octanol–water partition coefficient (Wildman–Crippen LogP) is 0.655.